The minimum atomic E-state index is -0.735. The third kappa shape index (κ3) is 3.74. The number of fused-ring (bicyclic) bond motifs is 1. The van der Waals surface area contributed by atoms with Crippen LogP contribution in [0.2, 0.25) is 0 Å². The van der Waals surface area contributed by atoms with Gasteiger partial charge in [0.25, 0.3) is 11.8 Å². The monoisotopic (exact) mass is 367 g/mol. The summed E-state index contributed by atoms with van der Waals surface area (Å²) >= 11 is 0. The molecule has 0 aliphatic heterocycles. The van der Waals surface area contributed by atoms with E-state index in [1.54, 1.807) is 42.5 Å². The van der Waals surface area contributed by atoms with E-state index in [9.17, 15) is 9.59 Å². The number of nitrogens with zero attached hydrogens (tertiary/aromatic N) is 1. The fraction of sp³-hybridized carbons (Fsp3) is 0.105. The van der Waals surface area contributed by atoms with Crippen LogP contribution in [0.3, 0.4) is 0 Å². The molecule has 0 saturated heterocycles. The fourth-order valence-corrected chi connectivity index (χ4v) is 2.45. The molecule has 0 atom stereocenters. The van der Waals surface area contributed by atoms with Gasteiger partial charge >= 0.3 is 0 Å². The third-order valence-electron chi connectivity index (χ3n) is 3.83. The van der Waals surface area contributed by atoms with E-state index in [2.05, 4.69) is 10.5 Å². The first-order chi connectivity index (χ1) is 13.0. The number of nitrogens with one attached hydrogen (secondary N) is 1. The molecule has 0 spiro atoms. The Hall–Kier alpha value is -3.81. The number of methoxy groups -OCH3 is 2. The van der Waals surface area contributed by atoms with Crippen molar-refractivity contribution in [1.82, 2.24) is 5.43 Å². The second-order valence-electron chi connectivity index (χ2n) is 5.49. The quantitative estimate of drug-likeness (QED) is 0.667. The van der Waals surface area contributed by atoms with Crippen molar-refractivity contribution in [2.24, 2.45) is 10.8 Å². The Balaban J connectivity index is 2.01. The summed E-state index contributed by atoms with van der Waals surface area (Å²) in [5, 5.41) is 4.53. The van der Waals surface area contributed by atoms with E-state index in [-0.39, 0.29) is 11.1 Å². The minimum Gasteiger partial charge on any atom is -0.497 e. The van der Waals surface area contributed by atoms with Crippen LogP contribution in [0.1, 0.15) is 20.7 Å². The van der Waals surface area contributed by atoms with Crippen LogP contribution < -0.4 is 26.2 Å². The van der Waals surface area contributed by atoms with Crippen LogP contribution in [-0.4, -0.2) is 26.0 Å². The van der Waals surface area contributed by atoms with Gasteiger partial charge in [-0.15, -0.1) is 5.10 Å². The van der Waals surface area contributed by atoms with Gasteiger partial charge in [0, 0.05) is 10.9 Å². The van der Waals surface area contributed by atoms with Gasteiger partial charge in [-0.2, -0.15) is 0 Å². The van der Waals surface area contributed by atoms with E-state index in [4.69, 9.17) is 19.6 Å². The molecule has 0 fully saturated rings. The van der Waals surface area contributed by atoms with Crippen LogP contribution in [0, 0.1) is 0 Å². The first kappa shape index (κ1) is 18.0. The smallest absolute Gasteiger partial charge is 0.271 e. The summed E-state index contributed by atoms with van der Waals surface area (Å²) in [6.07, 6.45) is 0. The Bertz CT molecular complexity index is 1070. The molecule has 2 aromatic carbocycles. The lowest BCUT2D eigenvalue weighted by molar-refractivity contribution is 0.0946. The number of rotatable bonds is 5. The number of amides is 2. The summed E-state index contributed by atoms with van der Waals surface area (Å²) < 4.78 is 16.0. The van der Waals surface area contributed by atoms with E-state index in [1.165, 1.54) is 20.3 Å². The Kier molecular flexibility index (Phi) is 5.07. The van der Waals surface area contributed by atoms with Crippen LogP contribution in [0.5, 0.6) is 11.5 Å². The van der Waals surface area contributed by atoms with Crippen molar-refractivity contribution in [3.8, 4) is 11.5 Å². The Labute approximate surface area is 154 Å². The minimum absolute atomic E-state index is 0.0331. The lowest BCUT2D eigenvalue weighted by Gasteiger charge is -2.06. The van der Waals surface area contributed by atoms with E-state index < -0.39 is 11.8 Å². The van der Waals surface area contributed by atoms with Gasteiger partial charge in [0.15, 0.2) is 11.3 Å². The molecule has 1 aromatic heterocycles. The van der Waals surface area contributed by atoms with Gasteiger partial charge in [-0.05, 0) is 36.4 Å². The second-order valence-corrected chi connectivity index (χ2v) is 5.49. The van der Waals surface area contributed by atoms with E-state index in [0.717, 1.165) is 0 Å². The predicted molar refractivity (Wildman–Crippen MR) is 97.3 cm³/mol. The molecule has 1 heterocycles. The molecular weight excluding hydrogens is 350 g/mol. The van der Waals surface area contributed by atoms with E-state index >= 15 is 0 Å². The largest absolute Gasteiger partial charge is 0.497 e. The summed E-state index contributed by atoms with van der Waals surface area (Å²) in [7, 11) is 3.03. The molecule has 2 amide bonds. The Morgan fingerprint density at radius 3 is 2.44 bits per heavy atom. The van der Waals surface area contributed by atoms with E-state index in [1.807, 2.05) is 0 Å². The molecular formula is C19H17N3O5. The van der Waals surface area contributed by atoms with Gasteiger partial charge in [0.1, 0.15) is 11.3 Å². The number of carbonyl (C=O) groups excluding carboxylic acids is 2. The molecule has 8 nitrogen and oxygen atoms in total. The van der Waals surface area contributed by atoms with Crippen LogP contribution in [0.4, 0.5) is 0 Å². The zero-order valence-corrected chi connectivity index (χ0v) is 14.7. The normalized spacial score (nSPS) is 11.3. The molecule has 3 N–H and O–H groups in total. The molecule has 8 heteroatoms. The maximum Gasteiger partial charge on any atom is 0.271 e. The van der Waals surface area contributed by atoms with Crippen LogP contribution in [-0.2, 0) is 0 Å². The van der Waals surface area contributed by atoms with Crippen LogP contribution >= 0.6 is 0 Å². The highest BCUT2D eigenvalue weighted by molar-refractivity contribution is 5.96. The highest BCUT2D eigenvalue weighted by atomic mass is 16.5. The van der Waals surface area contributed by atoms with Gasteiger partial charge in [0.05, 0.1) is 14.2 Å². The first-order valence-electron chi connectivity index (χ1n) is 7.92. The van der Waals surface area contributed by atoms with Crippen molar-refractivity contribution in [3.05, 3.63) is 65.2 Å². The summed E-state index contributed by atoms with van der Waals surface area (Å²) in [5.74, 6) is -0.137. The number of ether oxygens (including phenoxy) is 2. The van der Waals surface area contributed by atoms with E-state index in [0.29, 0.717) is 28.0 Å². The Morgan fingerprint density at radius 1 is 1.07 bits per heavy atom. The van der Waals surface area contributed by atoms with Gasteiger partial charge in [-0.25, -0.2) is 5.43 Å². The van der Waals surface area contributed by atoms with Crippen molar-refractivity contribution in [3.63, 3.8) is 0 Å². The number of para-hydroxylation sites is 1. The molecule has 0 unspecified atom stereocenters. The lowest BCUT2D eigenvalue weighted by atomic mass is 10.1. The molecule has 0 saturated carbocycles. The highest BCUT2D eigenvalue weighted by Gasteiger charge is 2.13. The van der Waals surface area contributed by atoms with Gasteiger partial charge in [-0.3, -0.25) is 9.59 Å². The van der Waals surface area contributed by atoms with Crippen molar-refractivity contribution in [2.75, 3.05) is 14.2 Å². The molecule has 3 aromatic rings. The maximum absolute atomic E-state index is 12.3. The van der Waals surface area contributed by atoms with Crippen molar-refractivity contribution in [2.45, 2.75) is 0 Å². The highest BCUT2D eigenvalue weighted by Crippen LogP contribution is 2.24. The maximum atomic E-state index is 12.3. The van der Waals surface area contributed by atoms with Crippen molar-refractivity contribution >= 4 is 22.8 Å². The van der Waals surface area contributed by atoms with Gasteiger partial charge in [0.2, 0.25) is 5.55 Å². The zero-order valence-electron chi connectivity index (χ0n) is 14.7. The summed E-state index contributed by atoms with van der Waals surface area (Å²) in [5.41, 5.74) is 8.41. The summed E-state index contributed by atoms with van der Waals surface area (Å²) in [6.45, 7) is 0. The molecule has 0 aliphatic rings. The van der Waals surface area contributed by atoms with Crippen molar-refractivity contribution < 1.29 is 23.5 Å². The number of hydrogen-bond acceptors (Lipinski definition) is 6. The number of benzene rings is 2. The molecule has 138 valence electrons. The summed E-state index contributed by atoms with van der Waals surface area (Å²) in [6, 6.07) is 13.2. The van der Waals surface area contributed by atoms with Crippen LogP contribution in [0.25, 0.3) is 11.0 Å². The van der Waals surface area contributed by atoms with Gasteiger partial charge < -0.3 is 19.6 Å². The van der Waals surface area contributed by atoms with Crippen molar-refractivity contribution in [1.29, 1.82) is 0 Å². The summed E-state index contributed by atoms with van der Waals surface area (Å²) in [4.78, 5) is 24.0. The average molecular weight is 367 g/mol. The molecule has 0 bridgehead atoms. The third-order valence-corrected chi connectivity index (χ3v) is 3.83. The van der Waals surface area contributed by atoms with Gasteiger partial charge in [-0.1, -0.05) is 12.1 Å². The standard InChI is InChI=1S/C19H17N3O5/c1-25-13-8-6-11(7-9-13)18(24)21-22-19-14(17(20)23)10-12-4-3-5-15(26-2)16(12)27-19/h3-10H,1-2H3,(H2,20,23)(H,21,24)/b22-19-. The zero-order chi connectivity index (χ0) is 19.4. The van der Waals surface area contributed by atoms with Crippen LogP contribution in [0.15, 0.2) is 58.0 Å². The topological polar surface area (TPSA) is 116 Å². The average Bonchev–Trinajstić information content (AvgIpc) is 2.70. The second kappa shape index (κ2) is 7.61. The SMILES string of the molecule is COc1ccc(C(=O)N/N=c2\oc3c(OC)cccc3cc2C(N)=O)cc1. The molecule has 0 aliphatic carbocycles. The number of carbonyl (C=O) groups is 2. The molecule has 27 heavy (non-hydrogen) atoms. The molecule has 3 rings (SSSR count). The lowest BCUT2D eigenvalue weighted by Crippen LogP contribution is -2.27. The number of hydrogen-bond donors (Lipinski definition) is 2. The fourth-order valence-electron chi connectivity index (χ4n) is 2.45. The number of primary amides is 1. The molecule has 0 radical (unpaired) electrons. The number of nitrogens with two attached hydrogens (primary N) is 1. The first-order valence-corrected chi connectivity index (χ1v) is 7.92. The predicted octanol–water partition coefficient (Wildman–Crippen LogP) is 1.79. The Morgan fingerprint density at radius 2 is 1.81 bits per heavy atom.